The Morgan fingerprint density at radius 3 is 2.36 bits per heavy atom. The van der Waals surface area contributed by atoms with Crippen molar-refractivity contribution in [1.29, 1.82) is 0 Å². The number of carbonyl (C=O) groups is 2. The number of benzene rings is 2. The molecule has 36 heavy (non-hydrogen) atoms. The first kappa shape index (κ1) is 28.9. The zero-order chi connectivity index (χ0) is 26.0. The van der Waals surface area contributed by atoms with Crippen molar-refractivity contribution in [2.24, 2.45) is 0 Å². The van der Waals surface area contributed by atoms with Crippen LogP contribution in [0, 0.1) is 0 Å². The number of phenolic OH excluding ortho intramolecular Hbond substituents is 1. The number of hydrogen-bond donors (Lipinski definition) is 5. The molecular weight excluding hydrogens is 476 g/mol. The number of nitrogens with one attached hydrogen (secondary N) is 4. The molecule has 0 spiro atoms. The van der Waals surface area contributed by atoms with Crippen LogP contribution in [0.1, 0.15) is 57.4 Å². The molecule has 2 aromatic carbocycles. The van der Waals surface area contributed by atoms with E-state index in [9.17, 15) is 14.7 Å². The average Bonchev–Trinajstić information content (AvgIpc) is 2.87. The highest BCUT2D eigenvalue weighted by Crippen LogP contribution is 2.16. The molecule has 2 rings (SSSR count). The van der Waals surface area contributed by atoms with Crippen molar-refractivity contribution in [3.8, 4) is 5.75 Å². The molecule has 8 nitrogen and oxygen atoms in total. The Labute approximate surface area is 219 Å². The van der Waals surface area contributed by atoms with E-state index >= 15 is 0 Å². The smallest absolute Gasteiger partial charge is 0.408 e. The van der Waals surface area contributed by atoms with Crippen molar-refractivity contribution in [2.75, 3.05) is 18.4 Å². The lowest BCUT2D eigenvalue weighted by Gasteiger charge is -2.19. The highest BCUT2D eigenvalue weighted by Gasteiger charge is 2.21. The number of ether oxygens (including phenoxy) is 1. The number of aromatic hydroxyl groups is 1. The van der Waals surface area contributed by atoms with Gasteiger partial charge in [0.15, 0.2) is 5.11 Å². The molecule has 0 aliphatic carbocycles. The standard InChI is InChI=1S/C27H38N4O4S/c1-2-3-4-9-17-28-26(36)29-18-10-8-16-24(25(33)30-22-14-11-15-23(32)19-22)31-27(34)35-20-21-12-6-5-7-13-21/h5-7,11-15,19,24,32H,2-4,8-10,16-18,20H2,1H3,(H,30,33)(H,31,34)(H2,28,29,36)/t24-/m1/s1. The van der Waals surface area contributed by atoms with Gasteiger partial charge in [0.1, 0.15) is 18.4 Å². The minimum Gasteiger partial charge on any atom is -0.508 e. The molecule has 0 saturated carbocycles. The van der Waals surface area contributed by atoms with E-state index in [4.69, 9.17) is 17.0 Å². The van der Waals surface area contributed by atoms with Crippen LogP contribution in [0.25, 0.3) is 0 Å². The number of hydrogen-bond acceptors (Lipinski definition) is 5. The summed E-state index contributed by atoms with van der Waals surface area (Å²) in [4.78, 5) is 25.3. The summed E-state index contributed by atoms with van der Waals surface area (Å²) in [5, 5.41) is 22.1. The van der Waals surface area contributed by atoms with Crippen LogP contribution in [0.5, 0.6) is 5.75 Å². The highest BCUT2D eigenvalue weighted by molar-refractivity contribution is 7.80. The first-order valence-corrected chi connectivity index (χ1v) is 13.0. The largest absolute Gasteiger partial charge is 0.508 e. The second kappa shape index (κ2) is 17.2. The van der Waals surface area contributed by atoms with Gasteiger partial charge in [-0.2, -0.15) is 0 Å². The fraction of sp³-hybridized carbons (Fsp3) is 0.444. The number of thiocarbonyl (C=S) groups is 1. The van der Waals surface area contributed by atoms with E-state index in [-0.39, 0.29) is 18.3 Å². The van der Waals surface area contributed by atoms with Crippen LogP contribution in [-0.4, -0.2) is 41.4 Å². The molecule has 9 heteroatoms. The van der Waals surface area contributed by atoms with Crippen molar-refractivity contribution < 1.29 is 19.4 Å². The average molecular weight is 515 g/mol. The van der Waals surface area contributed by atoms with E-state index in [1.165, 1.54) is 31.4 Å². The van der Waals surface area contributed by atoms with Gasteiger partial charge < -0.3 is 31.1 Å². The van der Waals surface area contributed by atoms with Crippen molar-refractivity contribution in [3.63, 3.8) is 0 Å². The summed E-state index contributed by atoms with van der Waals surface area (Å²) in [6, 6.07) is 14.8. The van der Waals surface area contributed by atoms with E-state index in [0.29, 0.717) is 30.2 Å². The van der Waals surface area contributed by atoms with Gasteiger partial charge in [0, 0.05) is 24.8 Å². The number of anilines is 1. The first-order chi connectivity index (χ1) is 17.5. The lowest BCUT2D eigenvalue weighted by atomic mass is 10.1. The number of rotatable bonds is 15. The quantitative estimate of drug-likeness (QED) is 0.171. The maximum Gasteiger partial charge on any atom is 0.408 e. The van der Waals surface area contributed by atoms with Crippen molar-refractivity contribution in [1.82, 2.24) is 16.0 Å². The minimum atomic E-state index is -0.792. The van der Waals surface area contributed by atoms with Crippen LogP contribution < -0.4 is 21.3 Å². The summed E-state index contributed by atoms with van der Waals surface area (Å²) in [6.07, 6.45) is 5.94. The predicted octanol–water partition coefficient (Wildman–Crippen LogP) is 4.84. The molecule has 0 saturated heterocycles. The maximum absolute atomic E-state index is 12.9. The van der Waals surface area contributed by atoms with Gasteiger partial charge >= 0.3 is 6.09 Å². The van der Waals surface area contributed by atoms with Crippen molar-refractivity contribution in [2.45, 2.75) is 64.5 Å². The van der Waals surface area contributed by atoms with Gasteiger partial charge in [-0.1, -0.05) is 62.6 Å². The summed E-state index contributed by atoms with van der Waals surface area (Å²) in [6.45, 7) is 3.82. The Hall–Kier alpha value is -3.33. The van der Waals surface area contributed by atoms with E-state index < -0.39 is 12.1 Å². The third-order valence-electron chi connectivity index (χ3n) is 5.46. The zero-order valence-corrected chi connectivity index (χ0v) is 21.7. The SMILES string of the molecule is CCCCCCNC(=S)NCCCC[C@@H](NC(=O)OCc1ccccc1)C(=O)Nc1cccc(O)c1. The number of amides is 2. The van der Waals surface area contributed by atoms with Crippen LogP contribution >= 0.6 is 12.2 Å². The molecule has 0 fully saturated rings. The number of unbranched alkanes of at least 4 members (excludes halogenated alkanes) is 4. The van der Waals surface area contributed by atoms with Gasteiger partial charge in [-0.3, -0.25) is 4.79 Å². The van der Waals surface area contributed by atoms with Crippen LogP contribution in [-0.2, 0) is 16.1 Å². The molecular formula is C27H38N4O4S. The maximum atomic E-state index is 12.9. The van der Waals surface area contributed by atoms with Crippen LogP contribution in [0.15, 0.2) is 54.6 Å². The molecule has 0 heterocycles. The topological polar surface area (TPSA) is 112 Å². The molecule has 0 unspecified atom stereocenters. The van der Waals surface area contributed by atoms with E-state index in [1.54, 1.807) is 12.1 Å². The normalized spacial score (nSPS) is 11.2. The Balaban J connectivity index is 1.80. The van der Waals surface area contributed by atoms with E-state index in [0.717, 1.165) is 24.9 Å². The van der Waals surface area contributed by atoms with Crippen LogP contribution in [0.3, 0.4) is 0 Å². The molecule has 1 atom stereocenters. The van der Waals surface area contributed by atoms with Gasteiger partial charge in [-0.25, -0.2) is 4.79 Å². The molecule has 5 N–H and O–H groups in total. The lowest BCUT2D eigenvalue weighted by Crippen LogP contribution is -2.44. The summed E-state index contributed by atoms with van der Waals surface area (Å²) < 4.78 is 5.29. The summed E-state index contributed by atoms with van der Waals surface area (Å²) in [5.41, 5.74) is 1.30. The Morgan fingerprint density at radius 1 is 0.944 bits per heavy atom. The first-order valence-electron chi connectivity index (χ1n) is 12.6. The third-order valence-corrected chi connectivity index (χ3v) is 5.74. The molecule has 196 valence electrons. The van der Waals surface area contributed by atoms with Gasteiger partial charge in [0.05, 0.1) is 0 Å². The van der Waals surface area contributed by atoms with Crippen molar-refractivity contribution in [3.05, 3.63) is 60.2 Å². The lowest BCUT2D eigenvalue weighted by molar-refractivity contribution is -0.118. The number of alkyl carbamates (subject to hydrolysis) is 1. The molecule has 2 amide bonds. The highest BCUT2D eigenvalue weighted by atomic mass is 32.1. The predicted molar refractivity (Wildman–Crippen MR) is 147 cm³/mol. The molecule has 0 radical (unpaired) electrons. The van der Waals surface area contributed by atoms with Gasteiger partial charge in [0.2, 0.25) is 5.91 Å². The fourth-order valence-corrected chi connectivity index (χ4v) is 3.68. The van der Waals surface area contributed by atoms with E-state index in [2.05, 4.69) is 28.2 Å². The van der Waals surface area contributed by atoms with Crippen LogP contribution in [0.4, 0.5) is 10.5 Å². The Morgan fingerprint density at radius 2 is 1.67 bits per heavy atom. The second-order valence-corrected chi connectivity index (χ2v) is 8.95. The number of phenols is 1. The molecule has 0 bridgehead atoms. The zero-order valence-electron chi connectivity index (χ0n) is 20.9. The molecule has 0 aliphatic rings. The van der Waals surface area contributed by atoms with Gasteiger partial charge in [-0.15, -0.1) is 0 Å². The summed E-state index contributed by atoms with van der Waals surface area (Å²) in [5.74, 6) is -0.338. The second-order valence-electron chi connectivity index (χ2n) is 8.54. The summed E-state index contributed by atoms with van der Waals surface area (Å²) in [7, 11) is 0. The molecule has 0 aliphatic heterocycles. The monoisotopic (exact) mass is 514 g/mol. The molecule has 2 aromatic rings. The number of carbonyl (C=O) groups excluding carboxylic acids is 2. The minimum absolute atomic E-state index is 0.0422. The third kappa shape index (κ3) is 12.4. The summed E-state index contributed by atoms with van der Waals surface area (Å²) >= 11 is 5.30. The van der Waals surface area contributed by atoms with Gasteiger partial charge in [-0.05, 0) is 55.6 Å². The molecule has 0 aromatic heterocycles. The van der Waals surface area contributed by atoms with Crippen LogP contribution in [0.2, 0.25) is 0 Å². The van der Waals surface area contributed by atoms with Crippen molar-refractivity contribution >= 4 is 35.0 Å². The van der Waals surface area contributed by atoms with E-state index in [1.807, 2.05) is 30.3 Å². The van der Waals surface area contributed by atoms with Gasteiger partial charge in [0.25, 0.3) is 0 Å². The Kier molecular flexibility index (Phi) is 13.8. The Bertz CT molecular complexity index is 942. The fourth-order valence-electron chi connectivity index (χ4n) is 3.48.